The average Bonchev–Trinajstić information content (AvgIpc) is 3.37. The lowest BCUT2D eigenvalue weighted by molar-refractivity contribution is -0.147. The number of benzene rings is 1. The number of nitrogens with one attached hydrogen (secondary N) is 1. The molecule has 2 aromatic rings. The summed E-state index contributed by atoms with van der Waals surface area (Å²) < 4.78 is 5.69. The van der Waals surface area contributed by atoms with E-state index in [-0.39, 0.29) is 18.1 Å². The van der Waals surface area contributed by atoms with Gasteiger partial charge in [0.2, 0.25) is 5.91 Å². The van der Waals surface area contributed by atoms with Crippen LogP contribution in [0.3, 0.4) is 0 Å². The molecule has 7 heteroatoms. The second-order valence-corrected chi connectivity index (χ2v) is 8.74. The zero-order chi connectivity index (χ0) is 19.8. The van der Waals surface area contributed by atoms with Crippen molar-refractivity contribution in [1.82, 2.24) is 4.98 Å². The Labute approximate surface area is 167 Å². The Kier molecular flexibility index (Phi) is 5.21. The van der Waals surface area contributed by atoms with Gasteiger partial charge in [-0.2, -0.15) is 0 Å². The summed E-state index contributed by atoms with van der Waals surface area (Å²) in [5.41, 5.74) is 3.16. The fraction of sp³-hybridized carbons (Fsp3) is 0.476. The van der Waals surface area contributed by atoms with E-state index in [4.69, 9.17) is 4.74 Å². The van der Waals surface area contributed by atoms with Crippen LogP contribution in [-0.4, -0.2) is 34.2 Å². The number of aliphatic carboxylic acids is 1. The highest BCUT2D eigenvalue weighted by Gasteiger charge is 2.55. The van der Waals surface area contributed by atoms with E-state index in [0.717, 1.165) is 35.4 Å². The first-order valence-corrected chi connectivity index (χ1v) is 10.6. The average molecular weight is 401 g/mol. The topological polar surface area (TPSA) is 88.5 Å². The Balaban J connectivity index is 1.51. The van der Waals surface area contributed by atoms with Gasteiger partial charge in [0.05, 0.1) is 29.7 Å². The fourth-order valence-electron chi connectivity index (χ4n) is 4.35. The highest BCUT2D eigenvalue weighted by Crippen LogP contribution is 2.44. The molecule has 2 aliphatic rings. The van der Waals surface area contributed by atoms with Crippen LogP contribution in [0.2, 0.25) is 0 Å². The first kappa shape index (κ1) is 19.1. The maximum absolute atomic E-state index is 12.8. The predicted molar refractivity (Wildman–Crippen MR) is 107 cm³/mol. The van der Waals surface area contributed by atoms with Gasteiger partial charge < -0.3 is 15.2 Å². The van der Waals surface area contributed by atoms with E-state index < -0.39 is 17.8 Å². The van der Waals surface area contributed by atoms with Crippen LogP contribution in [-0.2, 0) is 20.7 Å². The third-order valence-electron chi connectivity index (χ3n) is 5.65. The predicted octanol–water partition coefficient (Wildman–Crippen LogP) is 3.89. The number of aromatic nitrogens is 1. The summed E-state index contributed by atoms with van der Waals surface area (Å²) in [6.07, 6.45) is 2.94. The van der Waals surface area contributed by atoms with Crippen molar-refractivity contribution >= 4 is 28.3 Å². The van der Waals surface area contributed by atoms with Crippen LogP contribution in [0, 0.1) is 18.8 Å². The lowest BCUT2D eigenvalue weighted by Crippen LogP contribution is -2.40. The fourth-order valence-corrected chi connectivity index (χ4v) is 5.19. The smallest absolute Gasteiger partial charge is 0.310 e. The number of nitrogens with zero attached hydrogens (tertiary/aromatic N) is 1. The number of thiazole rings is 1. The van der Waals surface area contributed by atoms with Gasteiger partial charge in [-0.25, -0.2) is 4.98 Å². The normalized spacial score (nSPS) is 25.8. The van der Waals surface area contributed by atoms with Crippen LogP contribution in [0.4, 0.5) is 5.13 Å². The standard InChI is InChI=1S/C21H24N2O4S/c1-3-4-12-5-7-13(8-6-12)18-11(2)28-21(22-18)23-19(24)16-14-9-10-15(27-14)17(16)20(25)26/h5-8,14-17H,3-4,9-10H2,1-2H3,(H,25,26)(H,22,23,24)/t14-,15-,16+,17-/m0/s1. The van der Waals surface area contributed by atoms with Crippen molar-refractivity contribution in [3.63, 3.8) is 0 Å². The molecule has 0 spiro atoms. The lowest BCUT2D eigenvalue weighted by Gasteiger charge is -2.23. The monoisotopic (exact) mass is 400 g/mol. The van der Waals surface area contributed by atoms with Crippen molar-refractivity contribution in [2.75, 3.05) is 5.32 Å². The molecule has 148 valence electrons. The summed E-state index contributed by atoms with van der Waals surface area (Å²) in [6.45, 7) is 4.13. The van der Waals surface area contributed by atoms with Crippen LogP contribution < -0.4 is 5.32 Å². The summed E-state index contributed by atoms with van der Waals surface area (Å²) >= 11 is 1.41. The number of ether oxygens (including phenoxy) is 1. The van der Waals surface area contributed by atoms with E-state index in [1.54, 1.807) is 0 Å². The molecule has 0 radical (unpaired) electrons. The third-order valence-corrected chi connectivity index (χ3v) is 6.54. The number of anilines is 1. The molecule has 4 atom stereocenters. The van der Waals surface area contributed by atoms with Gasteiger partial charge in [-0.05, 0) is 31.7 Å². The Bertz CT molecular complexity index is 892. The summed E-state index contributed by atoms with van der Waals surface area (Å²) in [5, 5.41) is 12.8. The second kappa shape index (κ2) is 7.64. The molecule has 2 N–H and O–H groups in total. The SMILES string of the molecule is CCCc1ccc(-c2nc(NC(=O)[C@H]3[C@@H](C(=O)O)[C@@H]4CC[C@@H]3O4)sc2C)cc1. The van der Waals surface area contributed by atoms with Gasteiger partial charge in [0, 0.05) is 10.4 Å². The zero-order valence-electron chi connectivity index (χ0n) is 16.0. The molecule has 0 aliphatic carbocycles. The van der Waals surface area contributed by atoms with Crippen molar-refractivity contribution in [2.45, 2.75) is 51.7 Å². The molecule has 28 heavy (non-hydrogen) atoms. The number of carbonyl (C=O) groups is 2. The first-order valence-electron chi connectivity index (χ1n) is 9.73. The second-order valence-electron chi connectivity index (χ2n) is 7.54. The van der Waals surface area contributed by atoms with Crippen molar-refractivity contribution in [1.29, 1.82) is 0 Å². The molecule has 1 aromatic heterocycles. The lowest BCUT2D eigenvalue weighted by atomic mass is 9.79. The number of carboxylic acids is 1. The van der Waals surface area contributed by atoms with Crippen molar-refractivity contribution in [2.24, 2.45) is 11.8 Å². The molecular formula is C21H24N2O4S. The number of amides is 1. The molecule has 3 heterocycles. The minimum absolute atomic E-state index is 0.307. The van der Waals surface area contributed by atoms with E-state index in [9.17, 15) is 14.7 Å². The molecule has 2 fully saturated rings. The molecule has 6 nitrogen and oxygen atoms in total. The van der Waals surface area contributed by atoms with Crippen molar-refractivity contribution in [3.05, 3.63) is 34.7 Å². The highest BCUT2D eigenvalue weighted by molar-refractivity contribution is 7.16. The zero-order valence-corrected chi connectivity index (χ0v) is 16.8. The minimum atomic E-state index is -0.962. The number of fused-ring (bicyclic) bond motifs is 2. The maximum atomic E-state index is 12.8. The van der Waals surface area contributed by atoms with Crippen LogP contribution in [0.25, 0.3) is 11.3 Å². The molecule has 2 aliphatic heterocycles. The van der Waals surface area contributed by atoms with Gasteiger partial charge in [0.1, 0.15) is 0 Å². The maximum Gasteiger partial charge on any atom is 0.310 e. The van der Waals surface area contributed by atoms with Crippen LogP contribution in [0.1, 0.15) is 36.6 Å². The van der Waals surface area contributed by atoms with E-state index in [1.165, 1.54) is 16.9 Å². The molecule has 4 rings (SSSR count). The number of carbonyl (C=O) groups excluding carboxylic acids is 1. The van der Waals surface area contributed by atoms with E-state index in [2.05, 4.69) is 41.5 Å². The summed E-state index contributed by atoms with van der Waals surface area (Å²) in [5.74, 6) is -2.70. The number of hydrogen-bond donors (Lipinski definition) is 2. The first-order chi connectivity index (χ1) is 13.5. The summed E-state index contributed by atoms with van der Waals surface area (Å²) in [7, 11) is 0. The number of aryl methyl sites for hydroxylation is 2. The highest BCUT2D eigenvalue weighted by atomic mass is 32.1. The third kappa shape index (κ3) is 3.44. The van der Waals surface area contributed by atoms with Gasteiger partial charge in [-0.3, -0.25) is 9.59 Å². The quantitative estimate of drug-likeness (QED) is 0.768. The molecule has 1 amide bonds. The summed E-state index contributed by atoms with van der Waals surface area (Å²) in [4.78, 5) is 30.0. The number of rotatable bonds is 6. The van der Waals surface area contributed by atoms with Crippen LogP contribution in [0.15, 0.2) is 24.3 Å². The molecule has 0 unspecified atom stereocenters. The molecular weight excluding hydrogens is 376 g/mol. The van der Waals surface area contributed by atoms with Gasteiger partial charge in [-0.15, -0.1) is 11.3 Å². The molecule has 0 saturated carbocycles. The molecule has 1 aromatic carbocycles. The van der Waals surface area contributed by atoms with Crippen molar-refractivity contribution in [3.8, 4) is 11.3 Å². The van der Waals surface area contributed by atoms with Gasteiger partial charge >= 0.3 is 5.97 Å². The Morgan fingerprint density at radius 2 is 1.89 bits per heavy atom. The van der Waals surface area contributed by atoms with Crippen LogP contribution >= 0.6 is 11.3 Å². The van der Waals surface area contributed by atoms with E-state index in [1.807, 2.05) is 6.92 Å². The van der Waals surface area contributed by atoms with Gasteiger partial charge in [0.15, 0.2) is 5.13 Å². The number of hydrogen-bond acceptors (Lipinski definition) is 5. The Morgan fingerprint density at radius 1 is 1.21 bits per heavy atom. The Hall–Kier alpha value is -2.25. The van der Waals surface area contributed by atoms with E-state index >= 15 is 0 Å². The number of carboxylic acid groups (broad SMARTS) is 1. The molecule has 2 bridgehead atoms. The van der Waals surface area contributed by atoms with Gasteiger partial charge in [-0.1, -0.05) is 37.6 Å². The molecule has 2 saturated heterocycles. The minimum Gasteiger partial charge on any atom is -0.481 e. The summed E-state index contributed by atoms with van der Waals surface area (Å²) in [6, 6.07) is 8.34. The van der Waals surface area contributed by atoms with Crippen molar-refractivity contribution < 1.29 is 19.4 Å². The van der Waals surface area contributed by atoms with Crippen LogP contribution in [0.5, 0.6) is 0 Å². The largest absolute Gasteiger partial charge is 0.481 e. The Morgan fingerprint density at radius 3 is 2.54 bits per heavy atom. The van der Waals surface area contributed by atoms with Gasteiger partial charge in [0.25, 0.3) is 0 Å². The van der Waals surface area contributed by atoms with E-state index in [0.29, 0.717) is 11.6 Å².